The molecule has 1 heteroatoms. The fourth-order valence-corrected chi connectivity index (χ4v) is 1.74. The summed E-state index contributed by atoms with van der Waals surface area (Å²) >= 11 is 0. The van der Waals surface area contributed by atoms with Crippen LogP contribution in [0.5, 0.6) is 0 Å². The van der Waals surface area contributed by atoms with E-state index in [9.17, 15) is 0 Å². The van der Waals surface area contributed by atoms with Crippen molar-refractivity contribution in [2.75, 3.05) is 7.05 Å². The maximum absolute atomic E-state index is 3.45. The third-order valence-electron chi connectivity index (χ3n) is 2.85. The lowest BCUT2D eigenvalue weighted by molar-refractivity contribution is 0.179. The molecule has 0 unspecified atom stereocenters. The van der Waals surface area contributed by atoms with Gasteiger partial charge in [0.1, 0.15) is 0 Å². The average molecular weight is 185 g/mol. The van der Waals surface area contributed by atoms with Crippen LogP contribution in [0.1, 0.15) is 65.7 Å². The Balaban J connectivity index is 0.000000424. The van der Waals surface area contributed by atoms with E-state index in [2.05, 4.69) is 33.1 Å². The highest BCUT2D eigenvalue weighted by molar-refractivity contribution is 4.94. The van der Waals surface area contributed by atoms with E-state index in [1.165, 1.54) is 44.9 Å². The van der Waals surface area contributed by atoms with Gasteiger partial charge in [-0.05, 0) is 32.7 Å². The molecular formula is C12H27N. The topological polar surface area (TPSA) is 12.0 Å². The van der Waals surface area contributed by atoms with Crippen molar-refractivity contribution in [2.24, 2.45) is 0 Å². The summed E-state index contributed by atoms with van der Waals surface area (Å²) in [5.74, 6) is 0. The first-order valence-electron chi connectivity index (χ1n) is 5.93. The van der Waals surface area contributed by atoms with Crippen LogP contribution in [-0.4, -0.2) is 12.6 Å². The normalized spacial score (nSPS) is 18.5. The first-order valence-corrected chi connectivity index (χ1v) is 5.93. The van der Waals surface area contributed by atoms with Gasteiger partial charge in [0.2, 0.25) is 0 Å². The van der Waals surface area contributed by atoms with Gasteiger partial charge in [0.25, 0.3) is 0 Å². The van der Waals surface area contributed by atoms with Crippen molar-refractivity contribution in [3.05, 3.63) is 0 Å². The van der Waals surface area contributed by atoms with E-state index >= 15 is 0 Å². The van der Waals surface area contributed by atoms with Crippen molar-refractivity contribution in [3.63, 3.8) is 0 Å². The summed E-state index contributed by atoms with van der Waals surface area (Å²) in [6.45, 7) is 6.52. The van der Waals surface area contributed by atoms with Crippen LogP contribution in [0.4, 0.5) is 0 Å². The van der Waals surface area contributed by atoms with Crippen molar-refractivity contribution in [3.8, 4) is 0 Å². The molecule has 0 saturated heterocycles. The Morgan fingerprint density at radius 1 is 1.15 bits per heavy atom. The Morgan fingerprint density at radius 3 is 1.92 bits per heavy atom. The van der Waals surface area contributed by atoms with E-state index in [4.69, 9.17) is 0 Å². The minimum Gasteiger partial charge on any atom is -0.314 e. The molecular weight excluding hydrogens is 158 g/mol. The molecule has 0 bridgehead atoms. The molecule has 1 fully saturated rings. The number of hydrogen-bond donors (Lipinski definition) is 1. The highest BCUT2D eigenvalue weighted by atomic mass is 15.0. The van der Waals surface area contributed by atoms with Crippen molar-refractivity contribution in [1.82, 2.24) is 5.32 Å². The SMILES string of the molecule is CCC.CCCCC1(NC)CCC1. The standard InChI is InChI=1S/C9H19N.C3H8/c1-3-4-6-9(10-2)7-5-8-9;1-3-2/h10H,3-8H2,1-2H3;3H2,1-2H3. The molecule has 1 saturated carbocycles. The van der Waals surface area contributed by atoms with Crippen LogP contribution in [0.15, 0.2) is 0 Å². The number of nitrogens with one attached hydrogen (secondary N) is 1. The first-order chi connectivity index (χ1) is 6.24. The highest BCUT2D eigenvalue weighted by Gasteiger charge is 2.33. The molecule has 0 aromatic carbocycles. The molecule has 0 radical (unpaired) electrons. The summed E-state index contributed by atoms with van der Waals surface area (Å²) in [6.07, 6.45) is 9.61. The van der Waals surface area contributed by atoms with Gasteiger partial charge in [0.15, 0.2) is 0 Å². The smallest absolute Gasteiger partial charge is 0.0178 e. The molecule has 0 heterocycles. The van der Waals surface area contributed by atoms with Gasteiger partial charge in [-0.2, -0.15) is 0 Å². The van der Waals surface area contributed by atoms with Gasteiger partial charge >= 0.3 is 0 Å². The Labute approximate surface area is 84.3 Å². The van der Waals surface area contributed by atoms with Gasteiger partial charge in [-0.1, -0.05) is 40.0 Å². The fraction of sp³-hybridized carbons (Fsp3) is 1.00. The number of rotatable bonds is 4. The first kappa shape index (κ1) is 13.0. The molecule has 0 aliphatic heterocycles. The quantitative estimate of drug-likeness (QED) is 0.703. The number of hydrogen-bond acceptors (Lipinski definition) is 1. The molecule has 1 N–H and O–H groups in total. The summed E-state index contributed by atoms with van der Waals surface area (Å²) < 4.78 is 0. The molecule has 0 atom stereocenters. The van der Waals surface area contributed by atoms with Gasteiger partial charge in [-0.3, -0.25) is 0 Å². The summed E-state index contributed by atoms with van der Waals surface area (Å²) in [5.41, 5.74) is 0.565. The lowest BCUT2D eigenvalue weighted by Gasteiger charge is -2.42. The van der Waals surface area contributed by atoms with Crippen LogP contribution in [0.25, 0.3) is 0 Å². The van der Waals surface area contributed by atoms with Gasteiger partial charge in [0, 0.05) is 5.54 Å². The Morgan fingerprint density at radius 2 is 1.69 bits per heavy atom. The van der Waals surface area contributed by atoms with Crippen LogP contribution in [-0.2, 0) is 0 Å². The highest BCUT2D eigenvalue weighted by Crippen LogP contribution is 2.35. The molecule has 1 aliphatic rings. The molecule has 13 heavy (non-hydrogen) atoms. The second kappa shape index (κ2) is 7.37. The third kappa shape index (κ3) is 4.66. The van der Waals surface area contributed by atoms with E-state index < -0.39 is 0 Å². The van der Waals surface area contributed by atoms with Gasteiger partial charge in [0.05, 0.1) is 0 Å². The van der Waals surface area contributed by atoms with Gasteiger partial charge in [-0.25, -0.2) is 0 Å². The van der Waals surface area contributed by atoms with E-state index in [1.807, 2.05) is 0 Å². The largest absolute Gasteiger partial charge is 0.314 e. The Hall–Kier alpha value is -0.0400. The molecule has 0 aromatic rings. The molecule has 0 aromatic heterocycles. The zero-order valence-electron chi connectivity index (χ0n) is 9.95. The van der Waals surface area contributed by atoms with Crippen LogP contribution in [0, 0.1) is 0 Å². The fourth-order valence-electron chi connectivity index (χ4n) is 1.74. The maximum Gasteiger partial charge on any atom is 0.0178 e. The predicted molar refractivity (Wildman–Crippen MR) is 61.1 cm³/mol. The zero-order valence-corrected chi connectivity index (χ0v) is 9.95. The van der Waals surface area contributed by atoms with Crippen molar-refractivity contribution < 1.29 is 0 Å². The Bertz CT molecular complexity index is 100. The van der Waals surface area contributed by atoms with Crippen LogP contribution < -0.4 is 5.32 Å². The van der Waals surface area contributed by atoms with Crippen molar-refractivity contribution in [2.45, 2.75) is 71.3 Å². The molecule has 1 rings (SSSR count). The summed E-state index contributed by atoms with van der Waals surface area (Å²) in [5, 5.41) is 3.45. The summed E-state index contributed by atoms with van der Waals surface area (Å²) in [6, 6.07) is 0. The maximum atomic E-state index is 3.45. The van der Waals surface area contributed by atoms with Gasteiger partial charge in [-0.15, -0.1) is 0 Å². The Kier molecular flexibility index (Phi) is 7.35. The third-order valence-corrected chi connectivity index (χ3v) is 2.85. The summed E-state index contributed by atoms with van der Waals surface area (Å²) in [4.78, 5) is 0. The van der Waals surface area contributed by atoms with Crippen LogP contribution in [0.2, 0.25) is 0 Å². The minimum atomic E-state index is 0.565. The second-order valence-electron chi connectivity index (χ2n) is 4.19. The van der Waals surface area contributed by atoms with E-state index in [0.29, 0.717) is 5.54 Å². The lowest BCUT2D eigenvalue weighted by atomic mass is 9.73. The number of unbranched alkanes of at least 4 members (excludes halogenated alkanes) is 1. The summed E-state index contributed by atoms with van der Waals surface area (Å²) in [7, 11) is 2.11. The average Bonchev–Trinajstić information content (AvgIpc) is 2.05. The monoisotopic (exact) mass is 185 g/mol. The van der Waals surface area contributed by atoms with E-state index in [1.54, 1.807) is 0 Å². The van der Waals surface area contributed by atoms with E-state index in [-0.39, 0.29) is 0 Å². The molecule has 0 spiro atoms. The van der Waals surface area contributed by atoms with Crippen molar-refractivity contribution >= 4 is 0 Å². The molecule has 80 valence electrons. The lowest BCUT2D eigenvalue weighted by Crippen LogP contribution is -2.48. The van der Waals surface area contributed by atoms with E-state index in [0.717, 1.165) is 0 Å². The van der Waals surface area contributed by atoms with Crippen LogP contribution in [0.3, 0.4) is 0 Å². The minimum absolute atomic E-state index is 0.565. The second-order valence-corrected chi connectivity index (χ2v) is 4.19. The molecule has 1 nitrogen and oxygen atoms in total. The molecule has 1 aliphatic carbocycles. The zero-order chi connectivity index (χ0) is 10.2. The van der Waals surface area contributed by atoms with Gasteiger partial charge < -0.3 is 5.32 Å². The van der Waals surface area contributed by atoms with Crippen LogP contribution >= 0.6 is 0 Å². The predicted octanol–water partition coefficient (Wildman–Crippen LogP) is 3.74. The van der Waals surface area contributed by atoms with Crippen molar-refractivity contribution in [1.29, 1.82) is 0 Å². The molecule has 0 amide bonds.